The van der Waals surface area contributed by atoms with E-state index in [9.17, 15) is 22.8 Å². The fourth-order valence-electron chi connectivity index (χ4n) is 2.95. The van der Waals surface area contributed by atoms with Crippen LogP contribution in [0.1, 0.15) is 54.4 Å². The second kappa shape index (κ2) is 6.70. The predicted molar refractivity (Wildman–Crippen MR) is 93.5 cm³/mol. The van der Waals surface area contributed by atoms with Gasteiger partial charge in [-0.2, -0.15) is 18.3 Å². The Balaban J connectivity index is 1.95. The maximum absolute atomic E-state index is 13.2. The molecule has 1 atom stereocenters. The van der Waals surface area contributed by atoms with E-state index in [1.807, 2.05) is 0 Å². The van der Waals surface area contributed by atoms with Gasteiger partial charge in [-0.15, -0.1) is 0 Å². The van der Waals surface area contributed by atoms with Gasteiger partial charge in [0.25, 0.3) is 11.5 Å². The molecule has 2 heterocycles. The first-order valence-electron chi connectivity index (χ1n) is 8.37. The molecule has 1 saturated carbocycles. The van der Waals surface area contributed by atoms with E-state index in [-0.39, 0.29) is 11.6 Å². The molecule has 0 aliphatic heterocycles. The Morgan fingerprint density at radius 2 is 1.96 bits per heavy atom. The molecule has 0 radical (unpaired) electrons. The molecule has 0 bridgehead atoms. The number of aryl methyl sites for hydroxylation is 2. The molecule has 146 valence electrons. The van der Waals surface area contributed by atoms with Crippen LogP contribution in [0.25, 0.3) is 0 Å². The van der Waals surface area contributed by atoms with E-state index in [1.54, 1.807) is 19.9 Å². The van der Waals surface area contributed by atoms with E-state index in [4.69, 9.17) is 11.6 Å². The highest BCUT2D eigenvalue weighted by Gasteiger charge is 2.43. The summed E-state index contributed by atoms with van der Waals surface area (Å²) in [6.07, 6.45) is -3.34. The Morgan fingerprint density at radius 1 is 1.33 bits per heavy atom. The van der Waals surface area contributed by atoms with Crippen molar-refractivity contribution in [3.63, 3.8) is 0 Å². The van der Waals surface area contributed by atoms with Crippen LogP contribution < -0.4 is 11.0 Å². The zero-order valence-electron chi connectivity index (χ0n) is 14.9. The number of nitrogens with one attached hydrogen (secondary N) is 1. The Bertz CT molecular complexity index is 960. The summed E-state index contributed by atoms with van der Waals surface area (Å²) in [6.45, 7) is 4.80. The minimum atomic E-state index is -4.72. The minimum Gasteiger partial charge on any atom is -0.271 e. The number of halogens is 4. The van der Waals surface area contributed by atoms with Crippen LogP contribution in [0.3, 0.4) is 0 Å². The molecule has 10 heteroatoms. The molecule has 0 aromatic carbocycles. The Labute approximate surface area is 157 Å². The number of aromatic nitrogens is 3. The molecule has 1 aliphatic rings. The standard InChI is InChI=1S/C17H18ClF3N4O2/c1-8-6-9(2)24(12(26)7-8)23-16(27)10(3)25-14(11-4-5-11)13(18)15(22-25)17(19,20)21/h6-7,10-11H,4-5H2,1-3H3,(H,23,27). The quantitative estimate of drug-likeness (QED) is 0.850. The van der Waals surface area contributed by atoms with Crippen molar-refractivity contribution in [3.05, 3.63) is 50.2 Å². The zero-order chi connectivity index (χ0) is 20.1. The number of rotatable bonds is 4. The second-order valence-electron chi connectivity index (χ2n) is 6.76. The van der Waals surface area contributed by atoms with E-state index in [0.29, 0.717) is 18.5 Å². The van der Waals surface area contributed by atoms with Gasteiger partial charge in [0.05, 0.1) is 10.7 Å². The summed E-state index contributed by atoms with van der Waals surface area (Å²) in [5.41, 5.74) is 2.24. The van der Waals surface area contributed by atoms with Crippen molar-refractivity contribution < 1.29 is 18.0 Å². The summed E-state index contributed by atoms with van der Waals surface area (Å²) in [5.74, 6) is -0.820. The number of carbonyl (C=O) groups excluding carboxylic acids is 1. The van der Waals surface area contributed by atoms with Crippen molar-refractivity contribution in [1.29, 1.82) is 0 Å². The number of alkyl halides is 3. The van der Waals surface area contributed by atoms with Gasteiger partial charge in [-0.3, -0.25) is 19.7 Å². The molecule has 1 aliphatic carbocycles. The summed E-state index contributed by atoms with van der Waals surface area (Å²) < 4.78 is 41.6. The highest BCUT2D eigenvalue weighted by molar-refractivity contribution is 6.32. The predicted octanol–water partition coefficient (Wildman–Crippen LogP) is 3.54. The molecule has 3 rings (SSSR count). The minimum absolute atomic E-state index is 0.153. The van der Waals surface area contributed by atoms with Crippen LogP contribution in [0.2, 0.25) is 5.02 Å². The normalized spacial score (nSPS) is 15.7. The molecule has 0 spiro atoms. The van der Waals surface area contributed by atoms with E-state index in [2.05, 4.69) is 10.5 Å². The maximum atomic E-state index is 13.2. The summed E-state index contributed by atoms with van der Waals surface area (Å²) in [5, 5.41) is 3.11. The van der Waals surface area contributed by atoms with Crippen LogP contribution >= 0.6 is 11.6 Å². The number of hydrogen-bond donors (Lipinski definition) is 1. The van der Waals surface area contributed by atoms with E-state index < -0.39 is 34.4 Å². The number of carbonyl (C=O) groups is 1. The average molecular weight is 403 g/mol. The van der Waals surface area contributed by atoms with Crippen LogP contribution in [0.4, 0.5) is 13.2 Å². The molecule has 0 saturated heterocycles. The Morgan fingerprint density at radius 3 is 2.48 bits per heavy atom. The van der Waals surface area contributed by atoms with Crippen LogP contribution in [0.5, 0.6) is 0 Å². The van der Waals surface area contributed by atoms with Crippen LogP contribution in [0.15, 0.2) is 16.9 Å². The van der Waals surface area contributed by atoms with Gasteiger partial charge in [0.2, 0.25) is 0 Å². The number of pyridine rings is 1. The SMILES string of the molecule is Cc1cc(C)n(NC(=O)C(C)n2nc(C(F)(F)F)c(Cl)c2C2CC2)c(=O)c1. The fourth-order valence-corrected chi connectivity index (χ4v) is 3.34. The summed E-state index contributed by atoms with van der Waals surface area (Å²) in [4.78, 5) is 24.7. The van der Waals surface area contributed by atoms with E-state index in [0.717, 1.165) is 14.9 Å². The van der Waals surface area contributed by atoms with Gasteiger partial charge in [0.15, 0.2) is 5.69 Å². The van der Waals surface area contributed by atoms with Gasteiger partial charge >= 0.3 is 6.18 Å². The number of amides is 1. The smallest absolute Gasteiger partial charge is 0.271 e. The van der Waals surface area contributed by atoms with Gasteiger partial charge in [-0.05, 0) is 45.2 Å². The third kappa shape index (κ3) is 3.73. The van der Waals surface area contributed by atoms with Gasteiger partial charge in [-0.25, -0.2) is 4.68 Å². The molecular formula is C17H18ClF3N4O2. The van der Waals surface area contributed by atoms with Crippen molar-refractivity contribution in [1.82, 2.24) is 14.5 Å². The van der Waals surface area contributed by atoms with Crippen LogP contribution in [0, 0.1) is 13.8 Å². The van der Waals surface area contributed by atoms with Gasteiger partial charge in [0.1, 0.15) is 6.04 Å². The van der Waals surface area contributed by atoms with E-state index >= 15 is 0 Å². The Hall–Kier alpha value is -2.29. The van der Waals surface area contributed by atoms with E-state index in [1.165, 1.54) is 13.0 Å². The monoisotopic (exact) mass is 402 g/mol. The van der Waals surface area contributed by atoms with Crippen molar-refractivity contribution in [2.45, 2.75) is 51.7 Å². The fraction of sp³-hybridized carbons (Fsp3) is 0.471. The maximum Gasteiger partial charge on any atom is 0.436 e. The lowest BCUT2D eigenvalue weighted by atomic mass is 10.2. The van der Waals surface area contributed by atoms with Crippen LogP contribution in [-0.4, -0.2) is 20.4 Å². The number of nitrogens with zero attached hydrogens (tertiary/aromatic N) is 3. The molecule has 1 amide bonds. The molecule has 2 aromatic heterocycles. The Kier molecular flexibility index (Phi) is 4.83. The average Bonchev–Trinajstić information content (AvgIpc) is 3.31. The third-order valence-electron chi connectivity index (χ3n) is 4.45. The molecule has 27 heavy (non-hydrogen) atoms. The van der Waals surface area contributed by atoms with Crippen molar-refractivity contribution in [2.75, 3.05) is 5.43 Å². The largest absolute Gasteiger partial charge is 0.436 e. The number of hydrogen-bond acceptors (Lipinski definition) is 3. The molecule has 1 fully saturated rings. The topological polar surface area (TPSA) is 68.9 Å². The van der Waals surface area contributed by atoms with Crippen molar-refractivity contribution in [2.24, 2.45) is 0 Å². The lowest BCUT2D eigenvalue weighted by Crippen LogP contribution is -2.38. The third-order valence-corrected chi connectivity index (χ3v) is 4.82. The highest BCUT2D eigenvalue weighted by atomic mass is 35.5. The summed E-state index contributed by atoms with van der Waals surface area (Å²) >= 11 is 5.94. The van der Waals surface area contributed by atoms with Gasteiger partial charge in [-0.1, -0.05) is 11.6 Å². The molecule has 2 aromatic rings. The first-order chi connectivity index (χ1) is 12.5. The van der Waals surface area contributed by atoms with Crippen molar-refractivity contribution >= 4 is 17.5 Å². The molecule has 6 nitrogen and oxygen atoms in total. The summed E-state index contributed by atoms with van der Waals surface area (Å²) in [7, 11) is 0. The van der Waals surface area contributed by atoms with Crippen molar-refractivity contribution in [3.8, 4) is 0 Å². The molecular weight excluding hydrogens is 385 g/mol. The lowest BCUT2D eigenvalue weighted by molar-refractivity contribution is -0.141. The molecule has 1 unspecified atom stereocenters. The highest BCUT2D eigenvalue weighted by Crippen LogP contribution is 2.47. The molecule has 1 N–H and O–H groups in total. The van der Waals surface area contributed by atoms with Gasteiger partial charge in [0, 0.05) is 17.7 Å². The lowest BCUT2D eigenvalue weighted by Gasteiger charge is -2.18. The first kappa shape index (κ1) is 19.5. The summed E-state index contributed by atoms with van der Waals surface area (Å²) in [6, 6.07) is 1.97. The first-order valence-corrected chi connectivity index (χ1v) is 8.74. The van der Waals surface area contributed by atoms with Gasteiger partial charge < -0.3 is 0 Å². The second-order valence-corrected chi connectivity index (χ2v) is 7.14. The van der Waals surface area contributed by atoms with Crippen LogP contribution in [-0.2, 0) is 11.0 Å². The zero-order valence-corrected chi connectivity index (χ0v) is 15.6.